The average Bonchev–Trinajstić information content (AvgIpc) is 2.76. The van der Waals surface area contributed by atoms with E-state index in [4.69, 9.17) is 5.73 Å². The first kappa shape index (κ1) is 14.1. The number of nitrogens with zero attached hydrogens (tertiary/aromatic N) is 2. The summed E-state index contributed by atoms with van der Waals surface area (Å²) in [6.45, 7) is 0. The Labute approximate surface area is 135 Å². The van der Waals surface area contributed by atoms with Crippen LogP contribution in [0.3, 0.4) is 0 Å². The Morgan fingerprint density at radius 3 is 2.33 bits per heavy atom. The molecule has 0 bridgehead atoms. The highest BCUT2D eigenvalue weighted by Crippen LogP contribution is 2.38. The predicted molar refractivity (Wildman–Crippen MR) is 91.2 cm³/mol. The second-order valence-corrected chi connectivity index (χ2v) is 5.85. The molecule has 0 aliphatic carbocycles. The van der Waals surface area contributed by atoms with Gasteiger partial charge in [0.1, 0.15) is 17.3 Å². The van der Waals surface area contributed by atoms with E-state index in [2.05, 4.69) is 27.7 Å². The summed E-state index contributed by atoms with van der Waals surface area (Å²) in [7, 11) is 1.76. The summed E-state index contributed by atoms with van der Waals surface area (Å²) in [5.41, 5.74) is 8.88. The van der Waals surface area contributed by atoms with Crippen molar-refractivity contribution in [1.29, 1.82) is 0 Å². The molecule has 1 heterocycles. The molecule has 106 valence electrons. The first-order chi connectivity index (χ1) is 10.1. The number of hydrogen-bond acceptors (Lipinski definition) is 2. The first-order valence-corrected chi connectivity index (χ1v) is 7.49. The normalized spacial score (nSPS) is 10.8. The van der Waals surface area contributed by atoms with Crippen LogP contribution in [-0.4, -0.2) is 9.78 Å². The topological polar surface area (TPSA) is 43.8 Å². The van der Waals surface area contributed by atoms with Crippen LogP contribution < -0.4 is 5.73 Å². The van der Waals surface area contributed by atoms with E-state index in [1.807, 2.05) is 24.3 Å². The zero-order valence-corrected chi connectivity index (χ0v) is 13.5. The third-order valence-electron chi connectivity index (χ3n) is 3.36. The van der Waals surface area contributed by atoms with Gasteiger partial charge in [-0.2, -0.15) is 5.10 Å². The van der Waals surface area contributed by atoms with E-state index in [1.165, 1.54) is 6.07 Å². The number of aromatic nitrogens is 2. The highest BCUT2D eigenvalue weighted by molar-refractivity contribution is 14.1. The van der Waals surface area contributed by atoms with Crippen LogP contribution in [0, 0.1) is 9.39 Å². The molecule has 0 saturated carbocycles. The molecule has 3 aromatic rings. The molecule has 5 heteroatoms. The molecule has 3 nitrogen and oxygen atoms in total. The fourth-order valence-electron chi connectivity index (χ4n) is 2.31. The molecular weight excluding hydrogens is 380 g/mol. The minimum Gasteiger partial charge on any atom is -0.383 e. The molecule has 0 saturated heterocycles. The van der Waals surface area contributed by atoms with E-state index < -0.39 is 0 Å². The van der Waals surface area contributed by atoms with Crippen LogP contribution in [0.25, 0.3) is 22.4 Å². The molecule has 0 unspecified atom stereocenters. The summed E-state index contributed by atoms with van der Waals surface area (Å²) >= 11 is 2.25. The Morgan fingerprint density at radius 2 is 1.67 bits per heavy atom. The van der Waals surface area contributed by atoms with Crippen LogP contribution >= 0.6 is 22.6 Å². The van der Waals surface area contributed by atoms with Crippen LogP contribution in [0.2, 0.25) is 0 Å². The third-order valence-corrected chi connectivity index (χ3v) is 4.30. The van der Waals surface area contributed by atoms with Crippen LogP contribution in [0.5, 0.6) is 0 Å². The number of anilines is 1. The van der Waals surface area contributed by atoms with Gasteiger partial charge in [-0.15, -0.1) is 0 Å². The maximum absolute atomic E-state index is 14.2. The summed E-state index contributed by atoms with van der Waals surface area (Å²) in [5, 5.41) is 4.48. The standard InChI is InChI=1S/C16H13FIN3/c1-21-16(19)14(10-6-2-4-8-12(10)17)15(20-21)11-7-3-5-9-13(11)18/h2-9H,19H2,1H3. The smallest absolute Gasteiger partial charge is 0.131 e. The molecule has 0 fully saturated rings. The van der Waals surface area contributed by atoms with Gasteiger partial charge in [0.25, 0.3) is 0 Å². The minimum absolute atomic E-state index is 0.301. The van der Waals surface area contributed by atoms with Gasteiger partial charge in [-0.1, -0.05) is 36.4 Å². The molecule has 0 aliphatic heterocycles. The van der Waals surface area contributed by atoms with E-state index in [0.29, 0.717) is 22.6 Å². The number of benzene rings is 2. The number of rotatable bonds is 2. The fourth-order valence-corrected chi connectivity index (χ4v) is 2.95. The Bertz CT molecular complexity index is 811. The van der Waals surface area contributed by atoms with Gasteiger partial charge in [0, 0.05) is 21.7 Å². The largest absolute Gasteiger partial charge is 0.383 e. The lowest BCUT2D eigenvalue weighted by Crippen LogP contribution is -1.98. The zero-order chi connectivity index (χ0) is 15.0. The molecule has 21 heavy (non-hydrogen) atoms. The van der Waals surface area contributed by atoms with Crippen LogP contribution in [0.1, 0.15) is 0 Å². The van der Waals surface area contributed by atoms with Crippen molar-refractivity contribution < 1.29 is 4.39 Å². The molecule has 0 aliphatic rings. The zero-order valence-electron chi connectivity index (χ0n) is 11.3. The third kappa shape index (κ3) is 2.42. The van der Waals surface area contributed by atoms with Crippen molar-refractivity contribution in [1.82, 2.24) is 9.78 Å². The molecule has 0 radical (unpaired) electrons. The number of hydrogen-bond donors (Lipinski definition) is 1. The molecule has 0 atom stereocenters. The molecule has 2 N–H and O–H groups in total. The first-order valence-electron chi connectivity index (χ1n) is 6.42. The van der Waals surface area contributed by atoms with Crippen molar-refractivity contribution in [2.24, 2.45) is 7.05 Å². The quantitative estimate of drug-likeness (QED) is 0.667. The number of aryl methyl sites for hydroxylation is 1. The van der Waals surface area contributed by atoms with Gasteiger partial charge >= 0.3 is 0 Å². The summed E-state index contributed by atoms with van der Waals surface area (Å²) in [6.07, 6.45) is 0. The summed E-state index contributed by atoms with van der Waals surface area (Å²) in [6, 6.07) is 14.5. The number of halogens is 2. The Balaban J connectivity index is 2.32. The number of nitrogen functional groups attached to an aromatic ring is 1. The predicted octanol–water partition coefficient (Wildman–Crippen LogP) is 4.08. The van der Waals surface area contributed by atoms with Crippen molar-refractivity contribution in [3.05, 3.63) is 57.9 Å². The van der Waals surface area contributed by atoms with Crippen molar-refractivity contribution in [3.63, 3.8) is 0 Å². The van der Waals surface area contributed by atoms with Gasteiger partial charge in [-0.3, -0.25) is 4.68 Å². The van der Waals surface area contributed by atoms with Crippen LogP contribution in [0.15, 0.2) is 48.5 Å². The van der Waals surface area contributed by atoms with Gasteiger partial charge < -0.3 is 5.73 Å². The van der Waals surface area contributed by atoms with Crippen molar-refractivity contribution in [2.45, 2.75) is 0 Å². The second kappa shape index (κ2) is 5.48. The molecule has 1 aromatic heterocycles. The van der Waals surface area contributed by atoms with Crippen LogP contribution in [0.4, 0.5) is 10.2 Å². The fraction of sp³-hybridized carbons (Fsp3) is 0.0625. The van der Waals surface area contributed by atoms with Gasteiger partial charge in [-0.05, 0) is 34.7 Å². The highest BCUT2D eigenvalue weighted by Gasteiger charge is 2.20. The number of nitrogens with two attached hydrogens (primary N) is 1. The van der Waals surface area contributed by atoms with Crippen molar-refractivity contribution in [2.75, 3.05) is 5.73 Å². The van der Waals surface area contributed by atoms with Gasteiger partial charge in [-0.25, -0.2) is 4.39 Å². The van der Waals surface area contributed by atoms with Gasteiger partial charge in [0.2, 0.25) is 0 Å². The van der Waals surface area contributed by atoms with Crippen LogP contribution in [-0.2, 0) is 7.05 Å². The highest BCUT2D eigenvalue weighted by atomic mass is 127. The lowest BCUT2D eigenvalue weighted by atomic mass is 10.0. The SMILES string of the molecule is Cn1nc(-c2ccccc2I)c(-c2ccccc2F)c1N. The van der Waals surface area contributed by atoms with Crippen molar-refractivity contribution in [3.8, 4) is 22.4 Å². The van der Waals surface area contributed by atoms with Crippen molar-refractivity contribution >= 4 is 28.4 Å². The lowest BCUT2D eigenvalue weighted by molar-refractivity contribution is 0.631. The average molecular weight is 393 g/mol. The Kier molecular flexibility index (Phi) is 3.67. The van der Waals surface area contributed by atoms with E-state index >= 15 is 0 Å². The maximum atomic E-state index is 14.2. The molecule has 2 aromatic carbocycles. The summed E-state index contributed by atoms with van der Waals surface area (Å²) < 4.78 is 16.8. The van der Waals surface area contributed by atoms with E-state index in [-0.39, 0.29) is 5.82 Å². The monoisotopic (exact) mass is 393 g/mol. The van der Waals surface area contributed by atoms with Gasteiger partial charge in [0.05, 0.1) is 5.56 Å². The summed E-state index contributed by atoms with van der Waals surface area (Å²) in [4.78, 5) is 0. The van der Waals surface area contributed by atoms with Gasteiger partial charge in [0.15, 0.2) is 0 Å². The maximum Gasteiger partial charge on any atom is 0.131 e. The Hall–Kier alpha value is -1.89. The Morgan fingerprint density at radius 1 is 1.05 bits per heavy atom. The van der Waals surface area contributed by atoms with E-state index in [0.717, 1.165) is 9.13 Å². The summed E-state index contributed by atoms with van der Waals surface area (Å²) in [5.74, 6) is 0.152. The molecule has 3 rings (SSSR count). The van der Waals surface area contributed by atoms with E-state index in [9.17, 15) is 4.39 Å². The van der Waals surface area contributed by atoms with E-state index in [1.54, 1.807) is 29.9 Å². The second-order valence-electron chi connectivity index (χ2n) is 4.69. The lowest BCUT2D eigenvalue weighted by Gasteiger charge is -2.07. The molecular formula is C16H13FIN3. The minimum atomic E-state index is -0.301. The molecule has 0 spiro atoms. The molecule has 0 amide bonds.